The van der Waals surface area contributed by atoms with Gasteiger partial charge in [-0.05, 0) is 42.5 Å². The zero-order valence-corrected chi connectivity index (χ0v) is 17.0. The summed E-state index contributed by atoms with van der Waals surface area (Å²) >= 11 is 5.22. The van der Waals surface area contributed by atoms with Crippen molar-refractivity contribution >= 4 is 40.7 Å². The van der Waals surface area contributed by atoms with E-state index in [1.54, 1.807) is 24.3 Å². The van der Waals surface area contributed by atoms with Gasteiger partial charge in [0.2, 0.25) is 5.91 Å². The molecule has 1 aliphatic rings. The number of thiocarbonyl (C=S) groups is 1. The third-order valence-corrected chi connectivity index (χ3v) is 4.96. The first-order valence-electron chi connectivity index (χ1n) is 8.92. The molecule has 2 N–H and O–H groups in total. The van der Waals surface area contributed by atoms with E-state index in [4.69, 9.17) is 17.0 Å². The number of hydrogen-bond donors (Lipinski definition) is 2. The zero-order chi connectivity index (χ0) is 21.8. The van der Waals surface area contributed by atoms with Crippen LogP contribution in [0.5, 0.6) is 5.75 Å². The lowest BCUT2D eigenvalue weighted by Gasteiger charge is -2.24. The normalized spacial score (nSPS) is 15.9. The lowest BCUT2D eigenvalue weighted by molar-refractivity contribution is -0.130. The maximum atomic E-state index is 13.4. The molecule has 156 valence electrons. The molecule has 0 saturated carbocycles. The van der Waals surface area contributed by atoms with Gasteiger partial charge < -0.3 is 10.1 Å². The van der Waals surface area contributed by atoms with Crippen molar-refractivity contribution in [3.63, 3.8) is 0 Å². The highest BCUT2D eigenvalue weighted by Gasteiger charge is 2.42. The molecule has 8 nitrogen and oxygen atoms in total. The van der Waals surface area contributed by atoms with E-state index >= 15 is 0 Å². The molecule has 0 radical (unpaired) electrons. The third kappa shape index (κ3) is 4.38. The molecule has 0 bridgehead atoms. The number of rotatable bonds is 6. The second-order valence-electron chi connectivity index (χ2n) is 6.47. The molecule has 0 aliphatic carbocycles. The summed E-state index contributed by atoms with van der Waals surface area (Å²) in [5, 5.41) is 3.86. The third-order valence-electron chi connectivity index (χ3n) is 4.49. The number of halogens is 1. The van der Waals surface area contributed by atoms with Gasteiger partial charge in [-0.25, -0.2) is 9.40 Å². The number of carbonyl (C=O) groups is 3. The average Bonchev–Trinajstić information content (AvgIpc) is 2.92. The highest BCUT2D eigenvalue weighted by Crippen LogP contribution is 2.24. The molecule has 0 aromatic heterocycles. The summed E-state index contributed by atoms with van der Waals surface area (Å²) in [4.78, 5) is 38.8. The Hall–Kier alpha value is -3.53. The molecule has 1 fully saturated rings. The van der Waals surface area contributed by atoms with Gasteiger partial charge in [0.25, 0.3) is 11.8 Å². The predicted octanol–water partition coefficient (Wildman–Crippen LogP) is 1.94. The summed E-state index contributed by atoms with van der Waals surface area (Å²) in [5.74, 6) is -1.69. The Morgan fingerprint density at radius 3 is 2.63 bits per heavy atom. The SMILES string of the molecule is COc1ccccc1NC(=O)C[C@H]1C(=O)N(C)C(=S)N1NC(=O)c1cccc(F)c1. The number of likely N-dealkylation sites (N-methyl/N-ethyl adjacent to an activating group) is 1. The van der Waals surface area contributed by atoms with E-state index in [1.807, 2.05) is 0 Å². The van der Waals surface area contributed by atoms with Crippen LogP contribution in [0.3, 0.4) is 0 Å². The van der Waals surface area contributed by atoms with Crippen LogP contribution in [-0.2, 0) is 9.59 Å². The Morgan fingerprint density at radius 2 is 1.93 bits per heavy atom. The minimum Gasteiger partial charge on any atom is -0.495 e. The molecule has 2 aromatic carbocycles. The first-order valence-corrected chi connectivity index (χ1v) is 9.33. The molecular weight excluding hydrogens is 411 g/mol. The van der Waals surface area contributed by atoms with E-state index in [1.165, 1.54) is 37.3 Å². The van der Waals surface area contributed by atoms with Crippen molar-refractivity contribution in [1.29, 1.82) is 0 Å². The fourth-order valence-corrected chi connectivity index (χ4v) is 3.22. The standard InChI is InChI=1S/C20H19FN4O4S/c1-24-19(28)15(11-17(26)22-14-8-3-4-9-16(14)29-2)25(20(24)30)23-18(27)12-6-5-7-13(21)10-12/h3-10,15H,11H2,1-2H3,(H,22,26)(H,23,27)/t15-/m0/s1. The van der Waals surface area contributed by atoms with E-state index in [9.17, 15) is 18.8 Å². The molecule has 10 heteroatoms. The highest BCUT2D eigenvalue weighted by atomic mass is 32.1. The van der Waals surface area contributed by atoms with Crippen LogP contribution in [0.15, 0.2) is 48.5 Å². The van der Waals surface area contributed by atoms with E-state index in [-0.39, 0.29) is 17.1 Å². The lowest BCUT2D eigenvalue weighted by Crippen LogP contribution is -2.49. The summed E-state index contributed by atoms with van der Waals surface area (Å²) in [6, 6.07) is 10.9. The molecule has 1 aliphatic heterocycles. The van der Waals surface area contributed by atoms with Crippen LogP contribution in [0.4, 0.5) is 10.1 Å². The monoisotopic (exact) mass is 430 g/mol. The predicted molar refractivity (Wildman–Crippen MR) is 111 cm³/mol. The Bertz CT molecular complexity index is 1020. The molecule has 3 amide bonds. The number of nitrogens with zero attached hydrogens (tertiary/aromatic N) is 2. The summed E-state index contributed by atoms with van der Waals surface area (Å²) in [7, 11) is 2.92. The minimum atomic E-state index is -1.05. The number of ether oxygens (including phenoxy) is 1. The number of para-hydroxylation sites is 2. The average molecular weight is 430 g/mol. The first-order chi connectivity index (χ1) is 14.3. The van der Waals surface area contributed by atoms with Crippen LogP contribution in [0.2, 0.25) is 0 Å². The molecule has 30 heavy (non-hydrogen) atoms. The molecule has 0 unspecified atom stereocenters. The molecular formula is C20H19FN4O4S. The molecule has 2 aromatic rings. The van der Waals surface area contributed by atoms with Crippen molar-refractivity contribution in [3.8, 4) is 5.75 Å². The van der Waals surface area contributed by atoms with Crippen LogP contribution in [0.1, 0.15) is 16.8 Å². The van der Waals surface area contributed by atoms with Crippen LogP contribution in [-0.4, -0.2) is 52.9 Å². The summed E-state index contributed by atoms with van der Waals surface area (Å²) < 4.78 is 18.6. The van der Waals surface area contributed by atoms with Gasteiger partial charge in [0.1, 0.15) is 17.6 Å². The van der Waals surface area contributed by atoms with E-state index in [0.717, 1.165) is 11.1 Å². The van der Waals surface area contributed by atoms with Crippen molar-refractivity contribution in [3.05, 3.63) is 59.9 Å². The fourth-order valence-electron chi connectivity index (χ4n) is 2.96. The molecule has 3 rings (SSSR count). The van der Waals surface area contributed by atoms with Crippen molar-refractivity contribution in [2.75, 3.05) is 19.5 Å². The summed E-state index contributed by atoms with van der Waals surface area (Å²) in [5.41, 5.74) is 2.99. The smallest absolute Gasteiger partial charge is 0.269 e. The van der Waals surface area contributed by atoms with Crippen LogP contribution < -0.4 is 15.5 Å². The highest BCUT2D eigenvalue weighted by molar-refractivity contribution is 7.80. The van der Waals surface area contributed by atoms with Crippen molar-refractivity contribution in [1.82, 2.24) is 15.3 Å². The topological polar surface area (TPSA) is 91.0 Å². The number of hydrogen-bond acceptors (Lipinski definition) is 5. The number of benzene rings is 2. The molecule has 1 atom stereocenters. The van der Waals surface area contributed by atoms with Gasteiger partial charge in [0.05, 0.1) is 19.2 Å². The van der Waals surface area contributed by atoms with Gasteiger partial charge >= 0.3 is 0 Å². The maximum absolute atomic E-state index is 13.4. The Morgan fingerprint density at radius 1 is 1.20 bits per heavy atom. The van der Waals surface area contributed by atoms with Gasteiger partial charge in [-0.15, -0.1) is 0 Å². The second-order valence-corrected chi connectivity index (χ2v) is 6.83. The van der Waals surface area contributed by atoms with E-state index in [0.29, 0.717) is 11.4 Å². The quantitative estimate of drug-likeness (QED) is 0.681. The zero-order valence-electron chi connectivity index (χ0n) is 16.2. The van der Waals surface area contributed by atoms with Gasteiger partial charge in [0.15, 0.2) is 5.11 Å². The molecule has 0 spiro atoms. The largest absolute Gasteiger partial charge is 0.495 e. The second kappa shape index (κ2) is 8.87. The van der Waals surface area contributed by atoms with Gasteiger partial charge in [-0.1, -0.05) is 18.2 Å². The Kier molecular flexibility index (Phi) is 6.26. The van der Waals surface area contributed by atoms with E-state index < -0.39 is 29.6 Å². The molecule has 1 saturated heterocycles. The van der Waals surface area contributed by atoms with Crippen molar-refractivity contribution < 1.29 is 23.5 Å². The summed E-state index contributed by atoms with van der Waals surface area (Å²) in [6.07, 6.45) is -0.273. The Labute approximate surface area is 177 Å². The number of carbonyl (C=O) groups excluding carboxylic acids is 3. The number of hydrazine groups is 1. The summed E-state index contributed by atoms with van der Waals surface area (Å²) in [6.45, 7) is 0. The maximum Gasteiger partial charge on any atom is 0.269 e. The van der Waals surface area contributed by atoms with Crippen molar-refractivity contribution in [2.24, 2.45) is 0 Å². The molecule has 1 heterocycles. The number of anilines is 1. The van der Waals surface area contributed by atoms with E-state index in [2.05, 4.69) is 10.7 Å². The Balaban J connectivity index is 1.75. The van der Waals surface area contributed by atoms with Crippen LogP contribution in [0.25, 0.3) is 0 Å². The van der Waals surface area contributed by atoms with Crippen molar-refractivity contribution in [2.45, 2.75) is 12.5 Å². The van der Waals surface area contributed by atoms with Crippen LogP contribution >= 0.6 is 12.2 Å². The van der Waals surface area contributed by atoms with Gasteiger partial charge in [-0.3, -0.25) is 24.7 Å². The minimum absolute atomic E-state index is 0.0276. The lowest BCUT2D eigenvalue weighted by atomic mass is 10.1. The first kappa shape index (κ1) is 21.2. The number of amides is 3. The number of nitrogens with one attached hydrogen (secondary N) is 2. The van der Waals surface area contributed by atoms with Gasteiger partial charge in [-0.2, -0.15) is 0 Å². The number of methoxy groups -OCH3 is 1. The van der Waals surface area contributed by atoms with Crippen LogP contribution in [0, 0.1) is 5.82 Å². The fraction of sp³-hybridized carbons (Fsp3) is 0.200. The van der Waals surface area contributed by atoms with Gasteiger partial charge in [0, 0.05) is 12.6 Å².